The third kappa shape index (κ3) is 3.68. The van der Waals surface area contributed by atoms with E-state index < -0.39 is 17.8 Å². The molecule has 1 fully saturated rings. The molecule has 0 bridgehead atoms. The van der Waals surface area contributed by atoms with E-state index in [1.54, 1.807) is 22.7 Å². The number of imide groups is 2. The molecule has 3 heterocycles. The molecule has 3 rings (SSSR count). The van der Waals surface area contributed by atoms with Crippen molar-refractivity contribution >= 4 is 40.5 Å². The largest absolute Gasteiger partial charge is 0.333 e. The molecule has 1 aliphatic heterocycles. The molecule has 0 atom stereocenters. The summed E-state index contributed by atoms with van der Waals surface area (Å²) in [6.07, 6.45) is 1.03. The fourth-order valence-electron chi connectivity index (χ4n) is 2.47. The Kier molecular flexibility index (Phi) is 4.88. The van der Waals surface area contributed by atoms with Gasteiger partial charge in [-0.05, 0) is 35.7 Å². The minimum Gasteiger partial charge on any atom is -0.274 e. The maximum atomic E-state index is 12.5. The van der Waals surface area contributed by atoms with Crippen LogP contribution in [0.2, 0.25) is 0 Å². The molecule has 1 saturated heterocycles. The van der Waals surface area contributed by atoms with Gasteiger partial charge in [-0.1, -0.05) is 12.1 Å². The van der Waals surface area contributed by atoms with E-state index in [0.29, 0.717) is 25.9 Å². The van der Waals surface area contributed by atoms with Crippen molar-refractivity contribution in [1.82, 2.24) is 9.80 Å². The van der Waals surface area contributed by atoms with Gasteiger partial charge in [0, 0.05) is 22.8 Å². The molecule has 4 amide bonds. The van der Waals surface area contributed by atoms with Crippen LogP contribution in [-0.4, -0.2) is 40.7 Å². The third-order valence-electron chi connectivity index (χ3n) is 3.69. The Balaban J connectivity index is 1.64. The van der Waals surface area contributed by atoms with E-state index in [-0.39, 0.29) is 6.42 Å². The third-order valence-corrected chi connectivity index (χ3v) is 5.56. The number of urea groups is 1. The molecular formula is C16H16N2O3S2. The molecule has 5 nitrogen and oxygen atoms in total. The van der Waals surface area contributed by atoms with Gasteiger partial charge >= 0.3 is 6.03 Å². The van der Waals surface area contributed by atoms with Gasteiger partial charge in [-0.2, -0.15) is 0 Å². The standard InChI is InChI=1S/C16H16N2O3S2/c19-14-11-15(20)18(8-6-13-4-2-10-23-13)16(21)17(14)7-5-12-3-1-9-22-12/h1-4,9-10H,5-8,11H2. The number of amides is 4. The normalized spacial score (nSPS) is 15.6. The summed E-state index contributed by atoms with van der Waals surface area (Å²) in [6.45, 7) is 0.641. The average molecular weight is 348 g/mol. The Bertz CT molecular complexity index is 637. The predicted octanol–water partition coefficient (Wildman–Crippen LogP) is 2.78. The zero-order chi connectivity index (χ0) is 16.2. The topological polar surface area (TPSA) is 57.7 Å². The number of carbonyl (C=O) groups is 3. The molecular weight excluding hydrogens is 332 g/mol. The van der Waals surface area contributed by atoms with Gasteiger partial charge in [0.15, 0.2) is 0 Å². The second-order valence-corrected chi connectivity index (χ2v) is 7.27. The van der Waals surface area contributed by atoms with Gasteiger partial charge in [-0.3, -0.25) is 19.4 Å². The first-order valence-electron chi connectivity index (χ1n) is 7.34. The maximum absolute atomic E-state index is 12.5. The lowest BCUT2D eigenvalue weighted by molar-refractivity contribution is -0.142. The molecule has 0 aliphatic carbocycles. The van der Waals surface area contributed by atoms with Crippen molar-refractivity contribution in [2.75, 3.05) is 13.1 Å². The zero-order valence-electron chi connectivity index (χ0n) is 12.4. The van der Waals surface area contributed by atoms with Gasteiger partial charge in [-0.15, -0.1) is 22.7 Å². The molecule has 0 unspecified atom stereocenters. The van der Waals surface area contributed by atoms with E-state index in [9.17, 15) is 14.4 Å². The van der Waals surface area contributed by atoms with E-state index in [1.807, 2.05) is 35.0 Å². The van der Waals surface area contributed by atoms with Gasteiger partial charge < -0.3 is 0 Å². The fraction of sp³-hybridized carbons (Fsp3) is 0.312. The van der Waals surface area contributed by atoms with Crippen molar-refractivity contribution in [2.45, 2.75) is 19.3 Å². The molecule has 23 heavy (non-hydrogen) atoms. The summed E-state index contributed by atoms with van der Waals surface area (Å²) in [5.74, 6) is -0.798. The minimum atomic E-state index is -0.487. The molecule has 120 valence electrons. The fourth-order valence-corrected chi connectivity index (χ4v) is 3.87. The molecule has 0 saturated carbocycles. The SMILES string of the molecule is O=C1CC(=O)N(CCc2cccs2)C(=O)N1CCc1cccs1. The summed E-state index contributed by atoms with van der Waals surface area (Å²) >= 11 is 3.19. The first-order valence-corrected chi connectivity index (χ1v) is 9.10. The van der Waals surface area contributed by atoms with Crippen LogP contribution in [0.1, 0.15) is 16.2 Å². The monoisotopic (exact) mass is 348 g/mol. The molecule has 0 radical (unpaired) electrons. The Morgan fingerprint density at radius 2 is 1.30 bits per heavy atom. The van der Waals surface area contributed by atoms with Crippen LogP contribution < -0.4 is 0 Å². The van der Waals surface area contributed by atoms with Crippen LogP contribution in [0.4, 0.5) is 4.79 Å². The summed E-state index contributed by atoms with van der Waals surface area (Å²) in [5, 5.41) is 3.93. The smallest absolute Gasteiger partial charge is 0.274 e. The number of rotatable bonds is 6. The van der Waals surface area contributed by atoms with Crippen molar-refractivity contribution in [2.24, 2.45) is 0 Å². The Morgan fingerprint density at radius 1 is 0.826 bits per heavy atom. The highest BCUT2D eigenvalue weighted by molar-refractivity contribution is 7.10. The maximum Gasteiger partial charge on any atom is 0.333 e. The molecule has 2 aromatic rings. The van der Waals surface area contributed by atoms with Crippen LogP contribution in [0, 0.1) is 0 Å². The highest BCUT2D eigenvalue weighted by Crippen LogP contribution is 2.17. The Morgan fingerprint density at radius 3 is 1.70 bits per heavy atom. The average Bonchev–Trinajstić information content (AvgIpc) is 3.19. The van der Waals surface area contributed by atoms with Crippen LogP contribution in [0.3, 0.4) is 0 Å². The summed E-state index contributed by atoms with van der Waals surface area (Å²) in [5.41, 5.74) is 0. The molecule has 7 heteroatoms. The van der Waals surface area contributed by atoms with Gasteiger partial charge in [-0.25, -0.2) is 4.79 Å². The summed E-state index contributed by atoms with van der Waals surface area (Å²) in [7, 11) is 0. The number of barbiturate groups is 1. The summed E-state index contributed by atoms with van der Waals surface area (Å²) in [4.78, 5) is 41.2. The van der Waals surface area contributed by atoms with E-state index in [4.69, 9.17) is 0 Å². The van der Waals surface area contributed by atoms with Crippen molar-refractivity contribution in [3.63, 3.8) is 0 Å². The minimum absolute atomic E-state index is 0.222. The number of nitrogens with zero attached hydrogens (tertiary/aromatic N) is 2. The molecule has 2 aromatic heterocycles. The van der Waals surface area contributed by atoms with Gasteiger partial charge in [0.1, 0.15) is 6.42 Å². The van der Waals surface area contributed by atoms with Crippen LogP contribution in [0.25, 0.3) is 0 Å². The van der Waals surface area contributed by atoms with Crippen molar-refractivity contribution in [3.05, 3.63) is 44.8 Å². The van der Waals surface area contributed by atoms with Crippen LogP contribution in [0.15, 0.2) is 35.0 Å². The number of hydrogen-bond donors (Lipinski definition) is 0. The number of thiophene rings is 2. The van der Waals surface area contributed by atoms with Gasteiger partial charge in [0.05, 0.1) is 0 Å². The summed E-state index contributed by atoms with van der Waals surface area (Å²) in [6, 6.07) is 7.35. The lowest BCUT2D eigenvalue weighted by Gasteiger charge is -2.32. The van der Waals surface area contributed by atoms with Crippen molar-refractivity contribution in [3.8, 4) is 0 Å². The second-order valence-electron chi connectivity index (χ2n) is 5.21. The van der Waals surface area contributed by atoms with E-state index in [0.717, 1.165) is 9.75 Å². The predicted molar refractivity (Wildman–Crippen MR) is 89.5 cm³/mol. The van der Waals surface area contributed by atoms with E-state index in [2.05, 4.69) is 0 Å². The lowest BCUT2D eigenvalue weighted by atomic mass is 10.2. The van der Waals surface area contributed by atoms with Crippen molar-refractivity contribution in [1.29, 1.82) is 0 Å². The van der Waals surface area contributed by atoms with E-state index >= 15 is 0 Å². The summed E-state index contributed by atoms with van der Waals surface area (Å²) < 4.78 is 0. The second kappa shape index (κ2) is 7.06. The number of carbonyl (C=O) groups excluding carboxylic acids is 3. The molecule has 0 N–H and O–H groups in total. The zero-order valence-corrected chi connectivity index (χ0v) is 14.1. The van der Waals surface area contributed by atoms with Crippen LogP contribution in [0.5, 0.6) is 0 Å². The Hall–Kier alpha value is -1.99. The lowest BCUT2D eigenvalue weighted by Crippen LogP contribution is -2.55. The van der Waals surface area contributed by atoms with Gasteiger partial charge in [0.25, 0.3) is 0 Å². The Labute approximate surface area is 142 Å². The van der Waals surface area contributed by atoms with Crippen molar-refractivity contribution < 1.29 is 14.4 Å². The highest BCUT2D eigenvalue weighted by atomic mass is 32.1. The highest BCUT2D eigenvalue weighted by Gasteiger charge is 2.37. The molecule has 0 spiro atoms. The molecule has 0 aromatic carbocycles. The quantitative estimate of drug-likeness (QED) is 0.754. The number of hydrogen-bond acceptors (Lipinski definition) is 5. The molecule has 1 aliphatic rings. The first-order chi connectivity index (χ1) is 11.1. The van der Waals surface area contributed by atoms with E-state index in [1.165, 1.54) is 9.80 Å². The first kappa shape index (κ1) is 15.9. The van der Waals surface area contributed by atoms with Crippen LogP contribution >= 0.6 is 22.7 Å². The van der Waals surface area contributed by atoms with Gasteiger partial charge in [0.2, 0.25) is 11.8 Å². The van der Waals surface area contributed by atoms with Crippen LogP contribution in [-0.2, 0) is 22.4 Å².